The smallest absolute Gasteiger partial charge is 0.254 e. The molecule has 102 valence electrons. The molecule has 1 atom stereocenters. The molecule has 3 aromatic rings. The minimum atomic E-state index is -0.146. The van der Waals surface area contributed by atoms with Gasteiger partial charge < -0.3 is 14.2 Å². The van der Waals surface area contributed by atoms with Crippen LogP contribution in [0.4, 0.5) is 0 Å². The Morgan fingerprint density at radius 1 is 1.25 bits per heavy atom. The molecule has 4 nitrogen and oxygen atoms in total. The highest BCUT2D eigenvalue weighted by Gasteiger charge is 2.19. The molecule has 1 amide bonds. The van der Waals surface area contributed by atoms with Crippen molar-refractivity contribution in [2.75, 3.05) is 6.54 Å². The summed E-state index contributed by atoms with van der Waals surface area (Å²) in [5, 5.41) is 4.93. The maximum atomic E-state index is 12.0. The number of hydrogen-bond donors (Lipinski definition) is 1. The van der Waals surface area contributed by atoms with Crippen LogP contribution in [-0.4, -0.2) is 12.5 Å². The topological polar surface area (TPSA) is 55.4 Å². The van der Waals surface area contributed by atoms with Crippen LogP contribution in [0.25, 0.3) is 0 Å². The van der Waals surface area contributed by atoms with Crippen LogP contribution >= 0.6 is 11.3 Å². The van der Waals surface area contributed by atoms with Crippen molar-refractivity contribution in [2.45, 2.75) is 5.92 Å². The molecule has 1 N–H and O–H groups in total. The second-order valence-corrected chi connectivity index (χ2v) is 5.28. The number of furan rings is 2. The van der Waals surface area contributed by atoms with E-state index in [1.54, 1.807) is 23.7 Å². The predicted molar refractivity (Wildman–Crippen MR) is 75.9 cm³/mol. The van der Waals surface area contributed by atoms with E-state index in [1.807, 2.05) is 29.6 Å². The van der Waals surface area contributed by atoms with E-state index in [9.17, 15) is 4.79 Å². The van der Waals surface area contributed by atoms with Gasteiger partial charge in [-0.25, -0.2) is 0 Å². The van der Waals surface area contributed by atoms with Crippen LogP contribution in [0.5, 0.6) is 0 Å². The van der Waals surface area contributed by atoms with Crippen LogP contribution in [-0.2, 0) is 0 Å². The second kappa shape index (κ2) is 5.79. The van der Waals surface area contributed by atoms with Gasteiger partial charge in [0.05, 0.1) is 24.0 Å². The lowest BCUT2D eigenvalue weighted by Gasteiger charge is -2.13. The summed E-state index contributed by atoms with van der Waals surface area (Å²) in [7, 11) is 0. The van der Waals surface area contributed by atoms with Crippen LogP contribution in [0.2, 0.25) is 0 Å². The van der Waals surface area contributed by atoms with E-state index in [0.29, 0.717) is 12.1 Å². The molecule has 0 saturated carbocycles. The molecular formula is C15H13NO3S. The fourth-order valence-corrected chi connectivity index (χ4v) is 2.85. The standard InChI is InChI=1S/C15H13NO3S/c17-15(11-5-7-18-10-11)16-9-12(13-3-1-6-19-13)14-4-2-8-20-14/h1-8,10,12H,9H2,(H,16,17)/t12-/m1/s1. The van der Waals surface area contributed by atoms with E-state index in [2.05, 4.69) is 5.32 Å². The third kappa shape index (κ3) is 2.67. The van der Waals surface area contributed by atoms with Crippen molar-refractivity contribution in [2.24, 2.45) is 0 Å². The number of nitrogens with one attached hydrogen (secondary N) is 1. The molecule has 0 fully saturated rings. The number of thiophene rings is 1. The summed E-state index contributed by atoms with van der Waals surface area (Å²) in [4.78, 5) is 13.1. The molecule has 5 heteroatoms. The normalized spacial score (nSPS) is 12.2. The van der Waals surface area contributed by atoms with E-state index in [0.717, 1.165) is 10.6 Å². The first kappa shape index (κ1) is 12.7. The summed E-state index contributed by atoms with van der Waals surface area (Å²) in [5.74, 6) is 0.729. The Hall–Kier alpha value is -2.27. The third-order valence-corrected chi connectivity index (χ3v) is 4.01. The highest BCUT2D eigenvalue weighted by Crippen LogP contribution is 2.28. The van der Waals surface area contributed by atoms with Gasteiger partial charge in [-0.2, -0.15) is 0 Å². The Bertz CT molecular complexity index is 607. The molecule has 0 bridgehead atoms. The fraction of sp³-hybridized carbons (Fsp3) is 0.133. The lowest BCUT2D eigenvalue weighted by molar-refractivity contribution is 0.0951. The van der Waals surface area contributed by atoms with Gasteiger partial charge in [0.15, 0.2) is 0 Å². The number of rotatable bonds is 5. The zero-order valence-electron chi connectivity index (χ0n) is 10.6. The zero-order chi connectivity index (χ0) is 13.8. The first-order valence-corrected chi connectivity index (χ1v) is 7.10. The molecule has 0 saturated heterocycles. The van der Waals surface area contributed by atoms with E-state index in [4.69, 9.17) is 8.83 Å². The minimum Gasteiger partial charge on any atom is -0.472 e. The molecule has 3 rings (SSSR count). The van der Waals surface area contributed by atoms with Gasteiger partial charge in [0.2, 0.25) is 0 Å². The Labute approximate surface area is 120 Å². The zero-order valence-corrected chi connectivity index (χ0v) is 11.4. The van der Waals surface area contributed by atoms with Crippen molar-refractivity contribution in [3.05, 3.63) is 70.7 Å². The van der Waals surface area contributed by atoms with Crippen LogP contribution in [0.15, 0.2) is 63.3 Å². The molecule has 0 radical (unpaired) electrons. The van der Waals surface area contributed by atoms with E-state index in [-0.39, 0.29) is 11.8 Å². The van der Waals surface area contributed by atoms with Gasteiger partial charge in [-0.1, -0.05) is 6.07 Å². The van der Waals surface area contributed by atoms with E-state index >= 15 is 0 Å². The third-order valence-electron chi connectivity index (χ3n) is 3.02. The van der Waals surface area contributed by atoms with Gasteiger partial charge in [0, 0.05) is 11.4 Å². The summed E-state index contributed by atoms with van der Waals surface area (Å²) in [6, 6.07) is 9.46. The summed E-state index contributed by atoms with van der Waals surface area (Å²) in [6.45, 7) is 0.484. The van der Waals surface area contributed by atoms with Crippen molar-refractivity contribution < 1.29 is 13.6 Å². The lowest BCUT2D eigenvalue weighted by atomic mass is 10.0. The Kier molecular flexibility index (Phi) is 3.69. The van der Waals surface area contributed by atoms with Crippen LogP contribution in [0.1, 0.15) is 26.9 Å². The monoisotopic (exact) mass is 287 g/mol. The molecule has 0 aliphatic heterocycles. The van der Waals surface area contributed by atoms with Crippen LogP contribution in [0.3, 0.4) is 0 Å². The average molecular weight is 287 g/mol. The summed E-state index contributed by atoms with van der Waals surface area (Å²) < 4.78 is 10.4. The van der Waals surface area contributed by atoms with Gasteiger partial charge in [-0.3, -0.25) is 4.79 Å². The van der Waals surface area contributed by atoms with Crippen molar-refractivity contribution in [1.29, 1.82) is 0 Å². The van der Waals surface area contributed by atoms with Crippen LogP contribution in [0, 0.1) is 0 Å². The maximum Gasteiger partial charge on any atom is 0.254 e. The first-order chi connectivity index (χ1) is 9.84. The fourth-order valence-electron chi connectivity index (χ4n) is 2.01. The Balaban J connectivity index is 1.73. The van der Waals surface area contributed by atoms with E-state index in [1.165, 1.54) is 12.5 Å². The SMILES string of the molecule is O=C(NC[C@H](c1ccco1)c1cccs1)c1ccoc1. The Morgan fingerprint density at radius 3 is 2.85 bits per heavy atom. The number of carbonyl (C=O) groups excluding carboxylic acids is 1. The first-order valence-electron chi connectivity index (χ1n) is 6.22. The van der Waals surface area contributed by atoms with E-state index < -0.39 is 0 Å². The summed E-state index contributed by atoms with van der Waals surface area (Å²) >= 11 is 1.65. The molecule has 20 heavy (non-hydrogen) atoms. The highest BCUT2D eigenvalue weighted by atomic mass is 32.1. The largest absolute Gasteiger partial charge is 0.472 e. The minimum absolute atomic E-state index is 0.0286. The molecule has 0 aromatic carbocycles. The van der Waals surface area contributed by atoms with Gasteiger partial charge in [-0.05, 0) is 29.6 Å². The molecule has 3 aromatic heterocycles. The van der Waals surface area contributed by atoms with Crippen molar-refractivity contribution >= 4 is 17.2 Å². The second-order valence-electron chi connectivity index (χ2n) is 4.31. The lowest BCUT2D eigenvalue weighted by Crippen LogP contribution is -2.28. The van der Waals surface area contributed by atoms with Crippen molar-refractivity contribution in [3.8, 4) is 0 Å². The van der Waals surface area contributed by atoms with Gasteiger partial charge in [0.1, 0.15) is 12.0 Å². The van der Waals surface area contributed by atoms with Gasteiger partial charge in [0.25, 0.3) is 5.91 Å². The summed E-state index contributed by atoms with van der Waals surface area (Å²) in [6.07, 6.45) is 4.56. The maximum absolute atomic E-state index is 12.0. The Morgan fingerprint density at radius 2 is 2.20 bits per heavy atom. The van der Waals surface area contributed by atoms with Crippen LogP contribution < -0.4 is 5.32 Å². The molecule has 3 heterocycles. The number of amides is 1. The summed E-state index contributed by atoms with van der Waals surface area (Å²) in [5.41, 5.74) is 0.523. The van der Waals surface area contributed by atoms with Gasteiger partial charge >= 0.3 is 0 Å². The number of carbonyl (C=O) groups is 1. The molecule has 0 unspecified atom stereocenters. The van der Waals surface area contributed by atoms with Crippen molar-refractivity contribution in [1.82, 2.24) is 5.32 Å². The molecule has 0 aliphatic rings. The molecule has 0 spiro atoms. The number of hydrogen-bond acceptors (Lipinski definition) is 4. The average Bonchev–Trinajstić information content (AvgIpc) is 3.22. The van der Waals surface area contributed by atoms with Crippen molar-refractivity contribution in [3.63, 3.8) is 0 Å². The molecule has 0 aliphatic carbocycles. The van der Waals surface area contributed by atoms with Gasteiger partial charge in [-0.15, -0.1) is 11.3 Å². The molecular weight excluding hydrogens is 274 g/mol. The highest BCUT2D eigenvalue weighted by molar-refractivity contribution is 7.10. The predicted octanol–water partition coefficient (Wildman–Crippen LogP) is 3.50. The quantitative estimate of drug-likeness (QED) is 0.781.